The highest BCUT2D eigenvalue weighted by Crippen LogP contribution is 2.41. The van der Waals surface area contributed by atoms with Crippen LogP contribution in [0.25, 0.3) is 0 Å². The zero-order valence-electron chi connectivity index (χ0n) is 12.7. The van der Waals surface area contributed by atoms with Gasteiger partial charge < -0.3 is 15.0 Å². The molecule has 4 aliphatic rings. The molecule has 0 aromatic rings. The lowest BCUT2D eigenvalue weighted by Crippen LogP contribution is -2.52. The average Bonchev–Trinajstić information content (AvgIpc) is 3.07. The first-order valence-corrected chi connectivity index (χ1v) is 8.50. The summed E-state index contributed by atoms with van der Waals surface area (Å²) in [6.07, 6.45) is 4.47. The first-order chi connectivity index (χ1) is 10.6. The van der Waals surface area contributed by atoms with Crippen LogP contribution in [0.1, 0.15) is 44.9 Å². The van der Waals surface area contributed by atoms with Crippen LogP contribution in [-0.4, -0.2) is 53.7 Å². The van der Waals surface area contributed by atoms with Gasteiger partial charge in [0, 0.05) is 19.5 Å². The van der Waals surface area contributed by atoms with Gasteiger partial charge in [0.25, 0.3) is 5.91 Å². The second-order valence-electron chi connectivity index (χ2n) is 7.26. The number of likely N-dealkylation sites (tertiary alicyclic amines) is 1. The van der Waals surface area contributed by atoms with Crippen LogP contribution in [0.3, 0.4) is 0 Å². The standard InChI is InChI=1S/C16H23FN2O3/c17-16(5-1-6-16)15(21)19-7-4-12-11(19)8-13(22-12)14(20)18-9-10-2-3-10/h10-13H,1-9H2,(H,18,20)/t11-,12-,13-/m1/s1. The Bertz CT molecular complexity index is 490. The molecule has 0 aromatic carbocycles. The first-order valence-electron chi connectivity index (χ1n) is 8.50. The van der Waals surface area contributed by atoms with Crippen LogP contribution in [0.4, 0.5) is 4.39 Å². The molecule has 4 rings (SSSR count). The predicted octanol–water partition coefficient (Wildman–Crippen LogP) is 1.16. The number of hydrogen-bond acceptors (Lipinski definition) is 3. The van der Waals surface area contributed by atoms with Crippen molar-refractivity contribution in [2.75, 3.05) is 13.1 Å². The third kappa shape index (κ3) is 2.41. The Morgan fingerprint density at radius 2 is 2.05 bits per heavy atom. The second kappa shape index (κ2) is 5.18. The number of halogens is 1. The molecule has 0 unspecified atom stereocenters. The zero-order valence-corrected chi connectivity index (χ0v) is 12.7. The first kappa shape index (κ1) is 14.4. The topological polar surface area (TPSA) is 58.6 Å². The van der Waals surface area contributed by atoms with Gasteiger partial charge >= 0.3 is 0 Å². The summed E-state index contributed by atoms with van der Waals surface area (Å²) in [5, 5.41) is 2.93. The molecule has 1 N–H and O–H groups in total. The van der Waals surface area contributed by atoms with Gasteiger partial charge in [-0.1, -0.05) is 0 Å². The maximum absolute atomic E-state index is 14.4. The number of hydrogen-bond donors (Lipinski definition) is 1. The van der Waals surface area contributed by atoms with Crippen molar-refractivity contribution in [1.82, 2.24) is 10.2 Å². The Balaban J connectivity index is 1.36. The predicted molar refractivity (Wildman–Crippen MR) is 76.8 cm³/mol. The number of ether oxygens (including phenoxy) is 1. The average molecular weight is 310 g/mol. The number of nitrogens with zero attached hydrogens (tertiary/aromatic N) is 1. The van der Waals surface area contributed by atoms with Gasteiger partial charge in [0.05, 0.1) is 12.1 Å². The van der Waals surface area contributed by atoms with E-state index in [4.69, 9.17) is 4.74 Å². The monoisotopic (exact) mass is 310 g/mol. The Morgan fingerprint density at radius 1 is 1.27 bits per heavy atom. The van der Waals surface area contributed by atoms with Gasteiger partial charge in [-0.05, 0) is 44.4 Å². The lowest BCUT2D eigenvalue weighted by Gasteiger charge is -2.37. The van der Waals surface area contributed by atoms with Crippen LogP contribution >= 0.6 is 0 Å². The van der Waals surface area contributed by atoms with Gasteiger partial charge in [-0.15, -0.1) is 0 Å². The molecule has 3 atom stereocenters. The van der Waals surface area contributed by atoms with E-state index >= 15 is 0 Å². The molecule has 2 saturated carbocycles. The molecule has 2 aliphatic heterocycles. The fraction of sp³-hybridized carbons (Fsp3) is 0.875. The summed E-state index contributed by atoms with van der Waals surface area (Å²) in [5.41, 5.74) is -1.65. The van der Waals surface area contributed by atoms with Crippen LogP contribution in [-0.2, 0) is 14.3 Å². The quantitative estimate of drug-likeness (QED) is 0.848. The molecule has 2 saturated heterocycles. The van der Waals surface area contributed by atoms with E-state index in [1.54, 1.807) is 4.90 Å². The smallest absolute Gasteiger partial charge is 0.260 e. The maximum atomic E-state index is 14.4. The lowest BCUT2D eigenvalue weighted by atomic mass is 9.80. The normalized spacial score (nSPS) is 35.9. The molecule has 2 aliphatic carbocycles. The Morgan fingerprint density at radius 3 is 2.68 bits per heavy atom. The molecule has 0 spiro atoms. The molecule has 22 heavy (non-hydrogen) atoms. The minimum absolute atomic E-state index is 0.0766. The summed E-state index contributed by atoms with van der Waals surface area (Å²) in [7, 11) is 0. The van der Waals surface area contributed by atoms with Crippen molar-refractivity contribution in [3.05, 3.63) is 0 Å². The Kier molecular flexibility index (Phi) is 3.40. The van der Waals surface area contributed by atoms with E-state index in [1.807, 2.05) is 0 Å². The Hall–Kier alpha value is -1.17. The van der Waals surface area contributed by atoms with E-state index in [0.29, 0.717) is 38.1 Å². The largest absolute Gasteiger partial charge is 0.363 e. The summed E-state index contributed by atoms with van der Waals surface area (Å²) in [4.78, 5) is 26.2. The SMILES string of the molecule is O=C(NCC1CC1)[C@H]1C[C@@H]2[C@@H](CCN2C(=O)C2(F)CCC2)O1. The van der Waals surface area contributed by atoms with Crippen molar-refractivity contribution in [2.45, 2.75) is 68.9 Å². The van der Waals surface area contributed by atoms with Gasteiger partial charge in [0.15, 0.2) is 5.67 Å². The second-order valence-corrected chi connectivity index (χ2v) is 7.26. The number of rotatable bonds is 4. The molecule has 2 amide bonds. The van der Waals surface area contributed by atoms with E-state index in [9.17, 15) is 14.0 Å². The van der Waals surface area contributed by atoms with E-state index in [1.165, 1.54) is 12.8 Å². The third-order valence-electron chi connectivity index (χ3n) is 5.62. The third-order valence-corrected chi connectivity index (χ3v) is 5.62. The minimum atomic E-state index is -1.65. The zero-order chi connectivity index (χ0) is 15.3. The molecule has 122 valence electrons. The number of amides is 2. The number of fused-ring (bicyclic) bond motifs is 1. The van der Waals surface area contributed by atoms with E-state index < -0.39 is 11.8 Å². The van der Waals surface area contributed by atoms with Crippen molar-refractivity contribution in [3.8, 4) is 0 Å². The van der Waals surface area contributed by atoms with Crippen LogP contribution in [0.2, 0.25) is 0 Å². The van der Waals surface area contributed by atoms with Crippen LogP contribution in [0, 0.1) is 5.92 Å². The van der Waals surface area contributed by atoms with Crippen molar-refractivity contribution < 1.29 is 18.7 Å². The van der Waals surface area contributed by atoms with E-state index in [2.05, 4.69) is 5.32 Å². The van der Waals surface area contributed by atoms with Gasteiger partial charge in [-0.2, -0.15) is 0 Å². The highest BCUT2D eigenvalue weighted by atomic mass is 19.1. The van der Waals surface area contributed by atoms with Crippen molar-refractivity contribution in [1.29, 1.82) is 0 Å². The van der Waals surface area contributed by atoms with Crippen molar-refractivity contribution in [2.24, 2.45) is 5.92 Å². The van der Waals surface area contributed by atoms with Crippen LogP contribution < -0.4 is 5.32 Å². The summed E-state index contributed by atoms with van der Waals surface area (Å²) in [6.45, 7) is 1.28. The van der Waals surface area contributed by atoms with Crippen molar-refractivity contribution >= 4 is 11.8 Å². The molecule has 4 fully saturated rings. The summed E-state index contributed by atoms with van der Waals surface area (Å²) < 4.78 is 20.2. The number of carbonyl (C=O) groups excluding carboxylic acids is 2. The molecule has 5 nitrogen and oxygen atoms in total. The minimum Gasteiger partial charge on any atom is -0.363 e. The van der Waals surface area contributed by atoms with Gasteiger partial charge in [-0.25, -0.2) is 4.39 Å². The maximum Gasteiger partial charge on any atom is 0.260 e. The van der Waals surface area contributed by atoms with E-state index in [0.717, 1.165) is 13.0 Å². The van der Waals surface area contributed by atoms with Crippen LogP contribution in [0.15, 0.2) is 0 Å². The Labute approximate surface area is 129 Å². The summed E-state index contributed by atoms with van der Waals surface area (Å²) in [6, 6.07) is -0.127. The summed E-state index contributed by atoms with van der Waals surface area (Å²) in [5.74, 6) is 0.175. The van der Waals surface area contributed by atoms with Gasteiger partial charge in [0.2, 0.25) is 5.91 Å². The lowest BCUT2D eigenvalue weighted by molar-refractivity contribution is -0.151. The van der Waals surface area contributed by atoms with Crippen molar-refractivity contribution in [3.63, 3.8) is 0 Å². The number of alkyl halides is 1. The van der Waals surface area contributed by atoms with Crippen LogP contribution in [0.5, 0.6) is 0 Å². The molecular formula is C16H23FN2O3. The summed E-state index contributed by atoms with van der Waals surface area (Å²) >= 11 is 0. The molecule has 0 radical (unpaired) electrons. The van der Waals surface area contributed by atoms with Gasteiger partial charge in [-0.3, -0.25) is 9.59 Å². The molecular weight excluding hydrogens is 287 g/mol. The highest BCUT2D eigenvalue weighted by molar-refractivity contribution is 5.87. The molecule has 6 heteroatoms. The molecule has 2 heterocycles. The fourth-order valence-electron chi connectivity index (χ4n) is 3.81. The number of carbonyl (C=O) groups is 2. The molecule has 0 aromatic heterocycles. The van der Waals surface area contributed by atoms with E-state index in [-0.39, 0.29) is 24.0 Å². The molecule has 0 bridgehead atoms. The van der Waals surface area contributed by atoms with Gasteiger partial charge in [0.1, 0.15) is 6.10 Å². The highest BCUT2D eigenvalue weighted by Gasteiger charge is 2.54. The number of nitrogens with one attached hydrogen (secondary N) is 1. The fourth-order valence-corrected chi connectivity index (χ4v) is 3.81.